The van der Waals surface area contributed by atoms with Crippen LogP contribution in [-0.4, -0.2) is 34.0 Å². The maximum absolute atomic E-state index is 12.6. The molecule has 1 fully saturated rings. The molecule has 6 heteroatoms. The fourth-order valence-electron chi connectivity index (χ4n) is 3.13. The van der Waals surface area contributed by atoms with Gasteiger partial charge in [-0.1, -0.05) is 54.2 Å². The first-order chi connectivity index (χ1) is 13.2. The molecule has 1 aromatic heterocycles. The highest BCUT2D eigenvalue weighted by Crippen LogP contribution is 2.25. The number of Topliss-reactive ketones (excluding diaryl/α,β-unsaturated/α-hetero) is 1. The predicted octanol–water partition coefficient (Wildman–Crippen LogP) is 4.18. The van der Waals surface area contributed by atoms with Gasteiger partial charge in [0.05, 0.1) is 17.6 Å². The second kappa shape index (κ2) is 7.80. The van der Waals surface area contributed by atoms with Crippen LogP contribution < -0.4 is 4.90 Å². The van der Waals surface area contributed by atoms with Crippen LogP contribution in [0.2, 0.25) is 0 Å². The molecule has 0 atom stereocenters. The molecule has 2 aromatic carbocycles. The van der Waals surface area contributed by atoms with E-state index in [-0.39, 0.29) is 11.7 Å². The maximum Gasteiger partial charge on any atom is 0.227 e. The number of amides is 1. The minimum absolute atomic E-state index is 0.0196. The maximum atomic E-state index is 12.6. The standard InChI is InChI=1S/C21H19N3O2S/c25-19(16-8-4-9-17(12-16)24-11-5-10-20(24)26)14-27-21-22-13-18(23-21)15-6-2-1-3-7-15/h1-4,6-9,12-13H,5,10-11,14H2,(H,22,23). The number of imidazole rings is 1. The Morgan fingerprint density at radius 1 is 1.15 bits per heavy atom. The SMILES string of the molecule is O=C(CSc1ncc(-c2ccccc2)[nH]1)c1cccc(N2CCCC2=O)c1. The molecule has 0 bridgehead atoms. The van der Waals surface area contributed by atoms with Gasteiger partial charge in [-0.15, -0.1) is 0 Å². The van der Waals surface area contributed by atoms with E-state index in [2.05, 4.69) is 9.97 Å². The van der Waals surface area contributed by atoms with E-state index in [1.165, 1.54) is 11.8 Å². The Balaban J connectivity index is 1.41. The first-order valence-electron chi connectivity index (χ1n) is 8.87. The summed E-state index contributed by atoms with van der Waals surface area (Å²) in [5, 5.41) is 0.716. The average molecular weight is 377 g/mol. The molecule has 136 valence electrons. The molecule has 0 spiro atoms. The van der Waals surface area contributed by atoms with Crippen LogP contribution in [0.15, 0.2) is 66.0 Å². The van der Waals surface area contributed by atoms with Gasteiger partial charge in [0.25, 0.3) is 0 Å². The van der Waals surface area contributed by atoms with Gasteiger partial charge in [-0.05, 0) is 24.1 Å². The lowest BCUT2D eigenvalue weighted by atomic mass is 10.1. The lowest BCUT2D eigenvalue weighted by Gasteiger charge is -2.16. The number of ketones is 1. The van der Waals surface area contributed by atoms with Gasteiger partial charge in [-0.25, -0.2) is 4.98 Å². The Morgan fingerprint density at radius 3 is 2.78 bits per heavy atom. The number of aromatic nitrogens is 2. The van der Waals surface area contributed by atoms with E-state index in [0.717, 1.165) is 29.9 Å². The Kier molecular flexibility index (Phi) is 5.07. The smallest absolute Gasteiger partial charge is 0.227 e. The van der Waals surface area contributed by atoms with Gasteiger partial charge >= 0.3 is 0 Å². The number of hydrogen-bond acceptors (Lipinski definition) is 4. The van der Waals surface area contributed by atoms with Crippen molar-refractivity contribution < 1.29 is 9.59 Å². The van der Waals surface area contributed by atoms with Crippen LogP contribution in [-0.2, 0) is 4.79 Å². The van der Waals surface area contributed by atoms with Crippen molar-refractivity contribution in [1.29, 1.82) is 0 Å². The number of H-pyrrole nitrogens is 1. The van der Waals surface area contributed by atoms with Gasteiger partial charge in [-0.3, -0.25) is 9.59 Å². The number of carbonyl (C=O) groups excluding carboxylic acids is 2. The molecule has 1 aliphatic heterocycles. The van der Waals surface area contributed by atoms with Gasteiger partial charge in [0, 0.05) is 24.2 Å². The van der Waals surface area contributed by atoms with E-state index in [4.69, 9.17) is 0 Å². The first-order valence-corrected chi connectivity index (χ1v) is 9.86. The van der Waals surface area contributed by atoms with Crippen LogP contribution in [0.5, 0.6) is 0 Å². The predicted molar refractivity (Wildman–Crippen MR) is 107 cm³/mol. The van der Waals surface area contributed by atoms with Crippen molar-refractivity contribution in [2.45, 2.75) is 18.0 Å². The second-order valence-corrected chi connectivity index (χ2v) is 7.34. The highest BCUT2D eigenvalue weighted by Gasteiger charge is 2.22. The van der Waals surface area contributed by atoms with Crippen molar-refractivity contribution in [2.75, 3.05) is 17.2 Å². The summed E-state index contributed by atoms with van der Waals surface area (Å²) >= 11 is 1.38. The van der Waals surface area contributed by atoms with Crippen molar-refractivity contribution in [3.05, 3.63) is 66.4 Å². The molecule has 3 aromatic rings. The topological polar surface area (TPSA) is 66.1 Å². The quantitative estimate of drug-likeness (QED) is 0.517. The van der Waals surface area contributed by atoms with Crippen LogP contribution >= 0.6 is 11.8 Å². The summed E-state index contributed by atoms with van der Waals surface area (Å²) in [7, 11) is 0. The number of rotatable bonds is 6. The largest absolute Gasteiger partial charge is 0.333 e. The van der Waals surface area contributed by atoms with Crippen molar-refractivity contribution in [3.8, 4) is 11.3 Å². The lowest BCUT2D eigenvalue weighted by molar-refractivity contribution is -0.117. The van der Waals surface area contributed by atoms with E-state index in [1.54, 1.807) is 17.2 Å². The first kappa shape index (κ1) is 17.5. The molecule has 0 unspecified atom stereocenters. The molecular weight excluding hydrogens is 358 g/mol. The number of thioether (sulfide) groups is 1. The average Bonchev–Trinajstić information content (AvgIpc) is 3.36. The molecule has 0 aliphatic carbocycles. The van der Waals surface area contributed by atoms with Crippen LogP contribution in [0.4, 0.5) is 5.69 Å². The summed E-state index contributed by atoms with van der Waals surface area (Å²) in [6.45, 7) is 0.722. The number of nitrogens with one attached hydrogen (secondary N) is 1. The minimum atomic E-state index is 0.0196. The summed E-state index contributed by atoms with van der Waals surface area (Å²) in [6.07, 6.45) is 3.23. The van der Waals surface area contributed by atoms with Gasteiger partial charge < -0.3 is 9.88 Å². The highest BCUT2D eigenvalue weighted by atomic mass is 32.2. The van der Waals surface area contributed by atoms with Crippen LogP contribution in [0.25, 0.3) is 11.3 Å². The zero-order chi connectivity index (χ0) is 18.6. The molecule has 2 heterocycles. The summed E-state index contributed by atoms with van der Waals surface area (Å²) in [6, 6.07) is 17.3. The van der Waals surface area contributed by atoms with Crippen molar-refractivity contribution in [2.24, 2.45) is 0 Å². The molecule has 0 saturated carbocycles. The van der Waals surface area contributed by atoms with E-state index in [1.807, 2.05) is 48.5 Å². The molecule has 1 amide bonds. The number of anilines is 1. The van der Waals surface area contributed by atoms with Gasteiger partial charge in [0.15, 0.2) is 10.9 Å². The van der Waals surface area contributed by atoms with Gasteiger partial charge in [0.1, 0.15) is 0 Å². The third kappa shape index (κ3) is 3.95. The van der Waals surface area contributed by atoms with Crippen molar-refractivity contribution >= 4 is 29.1 Å². The number of aromatic amines is 1. The number of benzene rings is 2. The van der Waals surface area contributed by atoms with E-state index in [9.17, 15) is 9.59 Å². The molecule has 1 saturated heterocycles. The Hall–Kier alpha value is -2.86. The van der Waals surface area contributed by atoms with Gasteiger partial charge in [-0.2, -0.15) is 0 Å². The molecular formula is C21H19N3O2S. The van der Waals surface area contributed by atoms with E-state index in [0.29, 0.717) is 22.9 Å². The summed E-state index contributed by atoms with van der Waals surface area (Å²) < 4.78 is 0. The minimum Gasteiger partial charge on any atom is -0.333 e. The molecule has 0 radical (unpaired) electrons. The Labute approximate surface area is 161 Å². The fourth-order valence-corrected chi connectivity index (χ4v) is 3.87. The number of carbonyl (C=O) groups is 2. The van der Waals surface area contributed by atoms with Crippen LogP contribution in [0, 0.1) is 0 Å². The van der Waals surface area contributed by atoms with Crippen molar-refractivity contribution in [1.82, 2.24) is 9.97 Å². The molecule has 1 aliphatic rings. The number of nitrogens with zero attached hydrogens (tertiary/aromatic N) is 2. The van der Waals surface area contributed by atoms with Crippen LogP contribution in [0.3, 0.4) is 0 Å². The monoisotopic (exact) mass is 377 g/mol. The third-order valence-electron chi connectivity index (χ3n) is 4.53. The molecule has 1 N–H and O–H groups in total. The fraction of sp³-hybridized carbons (Fsp3) is 0.190. The van der Waals surface area contributed by atoms with E-state index >= 15 is 0 Å². The Bertz CT molecular complexity index is 968. The second-order valence-electron chi connectivity index (χ2n) is 6.38. The highest BCUT2D eigenvalue weighted by molar-refractivity contribution is 7.99. The van der Waals surface area contributed by atoms with Crippen LogP contribution in [0.1, 0.15) is 23.2 Å². The molecule has 27 heavy (non-hydrogen) atoms. The molecule has 5 nitrogen and oxygen atoms in total. The third-order valence-corrected chi connectivity index (χ3v) is 5.42. The zero-order valence-electron chi connectivity index (χ0n) is 14.7. The number of hydrogen-bond donors (Lipinski definition) is 1. The van der Waals surface area contributed by atoms with Gasteiger partial charge in [0.2, 0.25) is 5.91 Å². The summed E-state index contributed by atoms with van der Waals surface area (Å²) in [5.74, 6) is 0.434. The van der Waals surface area contributed by atoms with Crippen molar-refractivity contribution in [3.63, 3.8) is 0 Å². The lowest BCUT2D eigenvalue weighted by Crippen LogP contribution is -2.23. The molecule has 4 rings (SSSR count). The Morgan fingerprint density at radius 2 is 2.00 bits per heavy atom. The van der Waals surface area contributed by atoms with E-state index < -0.39 is 0 Å². The summed E-state index contributed by atoms with van der Waals surface area (Å²) in [5.41, 5.74) is 3.42. The zero-order valence-corrected chi connectivity index (χ0v) is 15.5. The normalized spacial score (nSPS) is 13.9. The summed E-state index contributed by atoms with van der Waals surface area (Å²) in [4.78, 5) is 33.8.